The number of hydrogen-bond acceptors (Lipinski definition) is 2. The smallest absolute Gasteiger partial charge is 0.387 e. The first kappa shape index (κ1) is 12.6. The lowest BCUT2D eigenvalue weighted by Crippen LogP contribution is -2.03. The van der Waals surface area contributed by atoms with E-state index < -0.39 is 6.61 Å². The largest absolute Gasteiger partial charge is 0.434 e. The minimum absolute atomic E-state index is 0.0168. The lowest BCUT2D eigenvalue weighted by atomic mass is 10.2. The maximum absolute atomic E-state index is 12.1. The van der Waals surface area contributed by atoms with E-state index in [0.29, 0.717) is 10.6 Å². The van der Waals surface area contributed by atoms with E-state index in [9.17, 15) is 13.6 Å². The lowest BCUT2D eigenvalue weighted by Gasteiger charge is -2.07. The van der Waals surface area contributed by atoms with Crippen LogP contribution in [0.2, 0.25) is 5.02 Å². The quantitative estimate of drug-likeness (QED) is 0.760. The van der Waals surface area contributed by atoms with Gasteiger partial charge in [-0.25, -0.2) is 0 Å². The molecular formula is C11H9ClF2O2. The molecule has 0 radical (unpaired) electrons. The van der Waals surface area contributed by atoms with Gasteiger partial charge in [0.25, 0.3) is 0 Å². The second kappa shape index (κ2) is 5.61. The number of carbonyl (C=O) groups is 1. The average molecular weight is 247 g/mol. The molecule has 0 amide bonds. The van der Waals surface area contributed by atoms with Gasteiger partial charge in [-0.1, -0.05) is 11.6 Å². The van der Waals surface area contributed by atoms with E-state index in [1.807, 2.05) is 0 Å². The van der Waals surface area contributed by atoms with Gasteiger partial charge < -0.3 is 4.74 Å². The Balaban J connectivity index is 3.03. The molecule has 0 bridgehead atoms. The molecule has 0 saturated heterocycles. The highest BCUT2D eigenvalue weighted by atomic mass is 35.5. The molecule has 1 rings (SSSR count). The number of benzene rings is 1. The summed E-state index contributed by atoms with van der Waals surface area (Å²) in [5.74, 6) is -0.208. The number of alkyl halides is 2. The number of carbonyl (C=O) groups excluding carboxylic acids is 1. The highest BCUT2D eigenvalue weighted by Crippen LogP contribution is 2.25. The zero-order valence-electron chi connectivity index (χ0n) is 8.41. The molecule has 0 aliphatic rings. The van der Waals surface area contributed by atoms with E-state index in [1.165, 1.54) is 37.3 Å². The van der Waals surface area contributed by atoms with Crippen LogP contribution in [0.5, 0.6) is 5.75 Å². The number of hydrogen-bond donors (Lipinski definition) is 0. The molecular weight excluding hydrogens is 238 g/mol. The van der Waals surface area contributed by atoms with Crippen LogP contribution in [0, 0.1) is 0 Å². The Bertz CT molecular complexity index is 416. The second-order valence-electron chi connectivity index (χ2n) is 3.00. The summed E-state index contributed by atoms with van der Waals surface area (Å²) in [4.78, 5) is 10.7. The van der Waals surface area contributed by atoms with Gasteiger partial charge in [0.1, 0.15) is 5.75 Å². The van der Waals surface area contributed by atoms with E-state index >= 15 is 0 Å². The first-order valence-electron chi connectivity index (χ1n) is 4.42. The molecule has 86 valence electrons. The standard InChI is InChI=1S/C11H9ClF2O2/c1-7(15)2-3-8-6-9(12)4-5-10(8)16-11(13)14/h2-6,11H,1H3. The van der Waals surface area contributed by atoms with Gasteiger partial charge in [0, 0.05) is 10.6 Å². The molecule has 0 saturated carbocycles. The van der Waals surface area contributed by atoms with Crippen LogP contribution in [0.3, 0.4) is 0 Å². The zero-order chi connectivity index (χ0) is 12.1. The van der Waals surface area contributed by atoms with Crippen LogP contribution in [-0.2, 0) is 4.79 Å². The van der Waals surface area contributed by atoms with Crippen LogP contribution in [0.1, 0.15) is 12.5 Å². The Morgan fingerprint density at radius 2 is 2.19 bits per heavy atom. The normalized spacial score (nSPS) is 11.1. The van der Waals surface area contributed by atoms with Crippen LogP contribution in [-0.4, -0.2) is 12.4 Å². The molecule has 0 aliphatic heterocycles. The minimum atomic E-state index is -2.91. The Kier molecular flexibility index (Phi) is 4.43. The fraction of sp³-hybridized carbons (Fsp3) is 0.182. The summed E-state index contributed by atoms with van der Waals surface area (Å²) >= 11 is 5.71. The third kappa shape index (κ3) is 3.98. The maximum atomic E-state index is 12.1. The molecule has 0 heterocycles. The van der Waals surface area contributed by atoms with Crippen molar-refractivity contribution in [3.63, 3.8) is 0 Å². The molecule has 2 nitrogen and oxygen atoms in total. The summed E-state index contributed by atoms with van der Waals surface area (Å²) in [6.45, 7) is -1.56. The van der Waals surface area contributed by atoms with Crippen LogP contribution in [0.4, 0.5) is 8.78 Å². The van der Waals surface area contributed by atoms with Crippen molar-refractivity contribution in [2.24, 2.45) is 0 Å². The van der Waals surface area contributed by atoms with Crippen molar-refractivity contribution in [1.82, 2.24) is 0 Å². The van der Waals surface area contributed by atoms with Gasteiger partial charge in [0.2, 0.25) is 0 Å². The first-order valence-corrected chi connectivity index (χ1v) is 4.80. The third-order valence-corrected chi connectivity index (χ3v) is 1.92. The Hall–Kier alpha value is -1.42. The molecule has 0 N–H and O–H groups in total. The fourth-order valence-electron chi connectivity index (χ4n) is 1.06. The molecule has 0 unspecified atom stereocenters. The number of halogens is 3. The average Bonchev–Trinajstić information content (AvgIpc) is 2.17. The van der Waals surface area contributed by atoms with E-state index in [-0.39, 0.29) is 11.5 Å². The van der Waals surface area contributed by atoms with Gasteiger partial charge in [-0.3, -0.25) is 4.79 Å². The molecule has 0 atom stereocenters. The van der Waals surface area contributed by atoms with Gasteiger partial charge in [-0.05, 0) is 37.3 Å². The lowest BCUT2D eigenvalue weighted by molar-refractivity contribution is -0.112. The SMILES string of the molecule is CC(=O)C=Cc1cc(Cl)ccc1OC(F)F. The summed E-state index contributed by atoms with van der Waals surface area (Å²) in [7, 11) is 0. The van der Waals surface area contributed by atoms with Gasteiger partial charge in [-0.2, -0.15) is 8.78 Å². The summed E-state index contributed by atoms with van der Waals surface area (Å²) < 4.78 is 28.4. The molecule has 0 aromatic heterocycles. The highest BCUT2D eigenvalue weighted by molar-refractivity contribution is 6.30. The zero-order valence-corrected chi connectivity index (χ0v) is 9.17. The van der Waals surface area contributed by atoms with Gasteiger partial charge in [0.15, 0.2) is 5.78 Å². The van der Waals surface area contributed by atoms with Gasteiger partial charge in [0.05, 0.1) is 0 Å². The van der Waals surface area contributed by atoms with Crippen LogP contribution >= 0.6 is 11.6 Å². The van der Waals surface area contributed by atoms with Gasteiger partial charge >= 0.3 is 6.61 Å². The van der Waals surface area contributed by atoms with Crippen LogP contribution in [0.25, 0.3) is 6.08 Å². The Morgan fingerprint density at radius 1 is 1.50 bits per heavy atom. The predicted octanol–water partition coefficient (Wildman–Crippen LogP) is 3.54. The number of rotatable bonds is 4. The van der Waals surface area contributed by atoms with E-state index in [4.69, 9.17) is 11.6 Å². The van der Waals surface area contributed by atoms with Crippen molar-refractivity contribution in [3.05, 3.63) is 34.9 Å². The maximum Gasteiger partial charge on any atom is 0.387 e. The topological polar surface area (TPSA) is 26.3 Å². The monoisotopic (exact) mass is 246 g/mol. The fourth-order valence-corrected chi connectivity index (χ4v) is 1.24. The molecule has 0 spiro atoms. The van der Waals surface area contributed by atoms with E-state index in [2.05, 4.69) is 4.74 Å². The minimum Gasteiger partial charge on any atom is -0.434 e. The van der Waals surface area contributed by atoms with Crippen LogP contribution in [0.15, 0.2) is 24.3 Å². The van der Waals surface area contributed by atoms with E-state index in [1.54, 1.807) is 0 Å². The molecule has 16 heavy (non-hydrogen) atoms. The van der Waals surface area contributed by atoms with E-state index in [0.717, 1.165) is 0 Å². The van der Waals surface area contributed by atoms with Gasteiger partial charge in [-0.15, -0.1) is 0 Å². The van der Waals surface area contributed by atoms with Crippen molar-refractivity contribution >= 4 is 23.5 Å². The number of ether oxygens (including phenoxy) is 1. The molecule has 0 fully saturated rings. The second-order valence-corrected chi connectivity index (χ2v) is 3.44. The van der Waals surface area contributed by atoms with Crippen molar-refractivity contribution in [1.29, 1.82) is 0 Å². The van der Waals surface area contributed by atoms with Crippen molar-refractivity contribution in [3.8, 4) is 5.75 Å². The third-order valence-electron chi connectivity index (χ3n) is 1.69. The summed E-state index contributed by atoms with van der Waals surface area (Å²) in [6.07, 6.45) is 2.63. The molecule has 0 aliphatic carbocycles. The molecule has 1 aromatic carbocycles. The summed E-state index contributed by atoms with van der Waals surface area (Å²) in [6, 6.07) is 4.21. The Morgan fingerprint density at radius 3 is 2.75 bits per heavy atom. The van der Waals surface area contributed by atoms with Crippen molar-refractivity contribution < 1.29 is 18.3 Å². The van der Waals surface area contributed by atoms with Crippen molar-refractivity contribution in [2.45, 2.75) is 13.5 Å². The number of allylic oxidation sites excluding steroid dienone is 1. The molecule has 1 aromatic rings. The Labute approximate surface area is 96.5 Å². The first-order chi connectivity index (χ1) is 7.49. The summed E-state index contributed by atoms with van der Waals surface area (Å²) in [5, 5.41) is 0.379. The van der Waals surface area contributed by atoms with Crippen LogP contribution < -0.4 is 4.74 Å². The highest BCUT2D eigenvalue weighted by Gasteiger charge is 2.08. The predicted molar refractivity (Wildman–Crippen MR) is 57.8 cm³/mol. The van der Waals surface area contributed by atoms with Crippen molar-refractivity contribution in [2.75, 3.05) is 0 Å². The number of ketones is 1. The molecule has 5 heteroatoms. The summed E-state index contributed by atoms with van der Waals surface area (Å²) in [5.41, 5.74) is 0.336.